The quantitative estimate of drug-likeness (QED) is 0.532. The number of carbonyl (C=O) groups excluding carboxylic acids is 1. The van der Waals surface area contributed by atoms with Crippen molar-refractivity contribution in [3.05, 3.63) is 72.1 Å². The lowest BCUT2D eigenvalue weighted by molar-refractivity contribution is -0.133. The number of benzene rings is 2. The van der Waals surface area contributed by atoms with E-state index in [9.17, 15) is 4.79 Å². The third-order valence-electron chi connectivity index (χ3n) is 5.29. The second kappa shape index (κ2) is 10.2. The summed E-state index contributed by atoms with van der Waals surface area (Å²) in [6.07, 6.45) is 3.93. The number of rotatable bonds is 9. The van der Waals surface area contributed by atoms with Crippen LogP contribution in [0.2, 0.25) is 0 Å². The molecule has 2 heterocycles. The number of aryl methyl sites for hydroxylation is 1. The monoisotopic (exact) mass is 405 g/mol. The molecule has 1 aliphatic rings. The molecule has 6 nitrogen and oxygen atoms in total. The first-order valence-electron chi connectivity index (χ1n) is 10.6. The number of ether oxygens (including phenoxy) is 1. The minimum atomic E-state index is 0.136. The molecule has 0 aliphatic carbocycles. The Labute approximate surface area is 176 Å². The molecule has 4 rings (SSSR count). The summed E-state index contributed by atoms with van der Waals surface area (Å²) >= 11 is 0. The summed E-state index contributed by atoms with van der Waals surface area (Å²) in [6, 6.07) is 19.8. The highest BCUT2D eigenvalue weighted by molar-refractivity contribution is 5.76. The van der Waals surface area contributed by atoms with Crippen LogP contribution in [0.3, 0.4) is 0 Å². The zero-order valence-electron chi connectivity index (χ0n) is 17.1. The van der Waals surface area contributed by atoms with E-state index in [1.807, 2.05) is 53.4 Å². The highest BCUT2D eigenvalue weighted by Crippen LogP contribution is 2.19. The molecule has 1 saturated heterocycles. The smallest absolute Gasteiger partial charge is 0.247 e. The molecule has 1 unspecified atom stereocenters. The predicted molar refractivity (Wildman–Crippen MR) is 114 cm³/mol. The third kappa shape index (κ3) is 5.54. The van der Waals surface area contributed by atoms with Crippen LogP contribution in [0, 0.1) is 0 Å². The van der Waals surface area contributed by atoms with Gasteiger partial charge in [-0.05, 0) is 37.0 Å². The van der Waals surface area contributed by atoms with E-state index in [2.05, 4.69) is 22.3 Å². The van der Waals surface area contributed by atoms with Gasteiger partial charge in [0.05, 0.1) is 6.10 Å². The van der Waals surface area contributed by atoms with Crippen molar-refractivity contribution in [1.82, 2.24) is 15.1 Å². The van der Waals surface area contributed by atoms with Crippen LogP contribution in [0.25, 0.3) is 11.5 Å². The molecule has 1 aromatic heterocycles. The lowest BCUT2D eigenvalue weighted by Gasteiger charge is -2.25. The van der Waals surface area contributed by atoms with Gasteiger partial charge in [0.1, 0.15) is 0 Å². The van der Waals surface area contributed by atoms with Gasteiger partial charge in [-0.2, -0.15) is 0 Å². The average Bonchev–Trinajstić information content (AvgIpc) is 3.47. The van der Waals surface area contributed by atoms with Gasteiger partial charge in [-0.3, -0.25) is 4.79 Å². The van der Waals surface area contributed by atoms with Crippen molar-refractivity contribution in [3.63, 3.8) is 0 Å². The fourth-order valence-electron chi connectivity index (χ4n) is 3.69. The summed E-state index contributed by atoms with van der Waals surface area (Å²) < 4.78 is 11.5. The molecule has 0 N–H and O–H groups in total. The lowest BCUT2D eigenvalue weighted by Crippen LogP contribution is -2.36. The van der Waals surface area contributed by atoms with E-state index in [1.165, 1.54) is 0 Å². The second-order valence-corrected chi connectivity index (χ2v) is 7.62. The van der Waals surface area contributed by atoms with Crippen molar-refractivity contribution >= 4 is 5.91 Å². The van der Waals surface area contributed by atoms with Crippen LogP contribution in [-0.2, 0) is 22.5 Å². The molecule has 1 amide bonds. The van der Waals surface area contributed by atoms with E-state index in [4.69, 9.17) is 9.15 Å². The summed E-state index contributed by atoms with van der Waals surface area (Å²) in [7, 11) is 0. The van der Waals surface area contributed by atoms with E-state index in [0.29, 0.717) is 44.1 Å². The average molecular weight is 405 g/mol. The maximum atomic E-state index is 13.0. The van der Waals surface area contributed by atoms with Crippen molar-refractivity contribution in [2.24, 2.45) is 0 Å². The first-order chi connectivity index (χ1) is 14.8. The highest BCUT2D eigenvalue weighted by Gasteiger charge is 2.22. The molecule has 6 heteroatoms. The summed E-state index contributed by atoms with van der Waals surface area (Å²) in [5, 5.41) is 8.24. The Morgan fingerprint density at radius 3 is 2.53 bits per heavy atom. The third-order valence-corrected chi connectivity index (χ3v) is 5.29. The first-order valence-corrected chi connectivity index (χ1v) is 10.6. The normalized spacial score (nSPS) is 15.9. The van der Waals surface area contributed by atoms with Crippen LogP contribution < -0.4 is 0 Å². The van der Waals surface area contributed by atoms with Crippen LogP contribution in [0.5, 0.6) is 0 Å². The number of aromatic nitrogens is 2. The van der Waals surface area contributed by atoms with E-state index >= 15 is 0 Å². The predicted octanol–water partition coefficient (Wildman–Crippen LogP) is 4.27. The standard InChI is InChI=1S/C24H27N3O3/c28-23(15-7-14-22-25-26-24(30-22)20-11-5-2-6-12-20)27(18-21-13-8-16-29-21)17-19-9-3-1-4-10-19/h1-6,9-12,21H,7-8,13-18H2. The summed E-state index contributed by atoms with van der Waals surface area (Å²) in [5.41, 5.74) is 2.03. The van der Waals surface area contributed by atoms with Crippen molar-refractivity contribution in [3.8, 4) is 11.5 Å². The molecule has 30 heavy (non-hydrogen) atoms. The van der Waals surface area contributed by atoms with E-state index in [1.54, 1.807) is 0 Å². The Balaban J connectivity index is 1.32. The molecular weight excluding hydrogens is 378 g/mol. The van der Waals surface area contributed by atoms with Crippen LogP contribution in [-0.4, -0.2) is 40.3 Å². The van der Waals surface area contributed by atoms with Crippen molar-refractivity contribution in [2.75, 3.05) is 13.2 Å². The van der Waals surface area contributed by atoms with Gasteiger partial charge in [0.25, 0.3) is 0 Å². The van der Waals surface area contributed by atoms with E-state index in [-0.39, 0.29) is 12.0 Å². The van der Waals surface area contributed by atoms with Crippen LogP contribution in [0.1, 0.15) is 37.1 Å². The number of hydrogen-bond acceptors (Lipinski definition) is 5. The summed E-state index contributed by atoms with van der Waals surface area (Å²) in [6.45, 7) is 2.05. The molecule has 0 bridgehead atoms. The van der Waals surface area contributed by atoms with Gasteiger partial charge < -0.3 is 14.1 Å². The van der Waals surface area contributed by atoms with Gasteiger partial charge in [0.2, 0.25) is 17.7 Å². The number of hydrogen-bond donors (Lipinski definition) is 0. The van der Waals surface area contributed by atoms with Crippen molar-refractivity contribution in [1.29, 1.82) is 0 Å². The topological polar surface area (TPSA) is 68.5 Å². The van der Waals surface area contributed by atoms with Crippen LogP contribution >= 0.6 is 0 Å². The molecule has 0 saturated carbocycles. The maximum Gasteiger partial charge on any atom is 0.247 e. The van der Waals surface area contributed by atoms with Gasteiger partial charge in [-0.15, -0.1) is 10.2 Å². The largest absolute Gasteiger partial charge is 0.421 e. The van der Waals surface area contributed by atoms with Gasteiger partial charge >= 0.3 is 0 Å². The highest BCUT2D eigenvalue weighted by atomic mass is 16.5. The van der Waals surface area contributed by atoms with Crippen LogP contribution in [0.15, 0.2) is 65.1 Å². The summed E-state index contributed by atoms with van der Waals surface area (Å²) in [5.74, 6) is 1.22. The van der Waals surface area contributed by atoms with E-state index < -0.39 is 0 Å². The Morgan fingerprint density at radius 1 is 1.03 bits per heavy atom. The zero-order valence-corrected chi connectivity index (χ0v) is 17.1. The number of nitrogens with zero attached hydrogens (tertiary/aromatic N) is 3. The van der Waals surface area contributed by atoms with Gasteiger partial charge in [-0.25, -0.2) is 0 Å². The van der Waals surface area contributed by atoms with Crippen LogP contribution in [0.4, 0.5) is 0 Å². The Bertz CT molecular complexity index is 921. The molecule has 1 aliphatic heterocycles. The molecule has 1 fully saturated rings. The second-order valence-electron chi connectivity index (χ2n) is 7.62. The molecule has 3 aromatic rings. The van der Waals surface area contributed by atoms with Gasteiger partial charge in [-0.1, -0.05) is 48.5 Å². The minimum Gasteiger partial charge on any atom is -0.421 e. The number of amides is 1. The zero-order chi connectivity index (χ0) is 20.6. The fraction of sp³-hybridized carbons (Fsp3) is 0.375. The number of carbonyl (C=O) groups is 1. The van der Waals surface area contributed by atoms with Gasteiger partial charge in [0, 0.05) is 38.1 Å². The SMILES string of the molecule is O=C(CCCc1nnc(-c2ccccc2)o1)N(Cc1ccccc1)CC1CCCO1. The molecule has 2 aromatic carbocycles. The molecule has 1 atom stereocenters. The fourth-order valence-corrected chi connectivity index (χ4v) is 3.69. The molecule has 156 valence electrons. The Hall–Kier alpha value is -2.99. The summed E-state index contributed by atoms with van der Waals surface area (Å²) in [4.78, 5) is 14.9. The molecule has 0 radical (unpaired) electrons. The Kier molecular flexibility index (Phi) is 6.87. The molecular formula is C24H27N3O3. The van der Waals surface area contributed by atoms with Crippen molar-refractivity contribution in [2.45, 2.75) is 44.8 Å². The molecule has 0 spiro atoms. The van der Waals surface area contributed by atoms with E-state index in [0.717, 1.165) is 30.6 Å². The lowest BCUT2D eigenvalue weighted by atomic mass is 10.1. The minimum absolute atomic E-state index is 0.136. The van der Waals surface area contributed by atoms with Crippen molar-refractivity contribution < 1.29 is 13.9 Å². The Morgan fingerprint density at radius 2 is 1.80 bits per heavy atom. The first kappa shape index (κ1) is 20.3. The maximum absolute atomic E-state index is 13.0. The van der Waals surface area contributed by atoms with Gasteiger partial charge in [0.15, 0.2) is 0 Å².